The van der Waals surface area contributed by atoms with E-state index in [-0.39, 0.29) is 24.2 Å². The third kappa shape index (κ3) is 5.89. The number of carbonyl (C=O) groups is 2. The number of aryl methyl sites for hydroxylation is 2. The standard InChI is InChI=1S/C30H31N3O3/c1-4-36-30(35)27-20-28(26-13-9-8-10-21(26)2)33(32-27)25-18-16-24(17-19-25)29(34)31-22(3)14-15-23-11-6-5-7-12-23/h5-13,16-20,22H,4,14-15H2,1-3H3,(H,31,34). The molecule has 1 N–H and O–H groups in total. The number of ether oxygens (including phenoxy) is 1. The Morgan fingerprint density at radius 2 is 1.67 bits per heavy atom. The smallest absolute Gasteiger partial charge is 0.358 e. The molecule has 0 aliphatic heterocycles. The number of amides is 1. The van der Waals surface area contributed by atoms with Gasteiger partial charge < -0.3 is 10.1 Å². The van der Waals surface area contributed by atoms with Gasteiger partial charge in [-0.2, -0.15) is 5.10 Å². The predicted octanol–water partition coefficient (Wildman–Crippen LogP) is 5.78. The predicted molar refractivity (Wildman–Crippen MR) is 141 cm³/mol. The summed E-state index contributed by atoms with van der Waals surface area (Å²) in [4.78, 5) is 25.2. The van der Waals surface area contributed by atoms with Gasteiger partial charge >= 0.3 is 5.97 Å². The van der Waals surface area contributed by atoms with Crippen LogP contribution in [0.1, 0.15) is 52.2 Å². The first-order valence-corrected chi connectivity index (χ1v) is 12.2. The molecule has 3 aromatic carbocycles. The van der Waals surface area contributed by atoms with Gasteiger partial charge in [0.1, 0.15) is 0 Å². The van der Waals surface area contributed by atoms with Crippen molar-refractivity contribution >= 4 is 11.9 Å². The van der Waals surface area contributed by atoms with Crippen molar-refractivity contribution in [1.82, 2.24) is 15.1 Å². The Kier molecular flexibility index (Phi) is 7.95. The highest BCUT2D eigenvalue weighted by molar-refractivity contribution is 5.94. The highest BCUT2D eigenvalue weighted by Gasteiger charge is 2.19. The molecule has 1 atom stereocenters. The zero-order valence-electron chi connectivity index (χ0n) is 20.9. The van der Waals surface area contributed by atoms with Crippen LogP contribution < -0.4 is 5.32 Å². The monoisotopic (exact) mass is 481 g/mol. The zero-order chi connectivity index (χ0) is 25.5. The second-order valence-electron chi connectivity index (χ2n) is 8.81. The van der Waals surface area contributed by atoms with E-state index in [9.17, 15) is 9.59 Å². The molecule has 0 spiro atoms. The van der Waals surface area contributed by atoms with E-state index in [1.807, 2.05) is 68.4 Å². The van der Waals surface area contributed by atoms with Crippen molar-refractivity contribution in [2.24, 2.45) is 0 Å². The SMILES string of the molecule is CCOC(=O)c1cc(-c2ccccc2C)n(-c2ccc(C(=O)NC(C)CCc3ccccc3)cc2)n1. The van der Waals surface area contributed by atoms with Gasteiger partial charge in [0.2, 0.25) is 0 Å². The minimum Gasteiger partial charge on any atom is -0.461 e. The molecule has 184 valence electrons. The summed E-state index contributed by atoms with van der Waals surface area (Å²) >= 11 is 0. The summed E-state index contributed by atoms with van der Waals surface area (Å²) < 4.78 is 6.89. The quantitative estimate of drug-likeness (QED) is 0.308. The molecule has 0 fully saturated rings. The molecule has 1 amide bonds. The lowest BCUT2D eigenvalue weighted by Gasteiger charge is -2.14. The van der Waals surface area contributed by atoms with Gasteiger partial charge in [0.25, 0.3) is 5.91 Å². The Balaban J connectivity index is 1.52. The van der Waals surface area contributed by atoms with Crippen LogP contribution in [0.2, 0.25) is 0 Å². The first-order chi connectivity index (χ1) is 17.5. The summed E-state index contributed by atoms with van der Waals surface area (Å²) in [5, 5.41) is 7.61. The van der Waals surface area contributed by atoms with Crippen LogP contribution in [0.3, 0.4) is 0 Å². The number of esters is 1. The Morgan fingerprint density at radius 3 is 2.36 bits per heavy atom. The molecule has 0 radical (unpaired) electrons. The molecule has 0 aliphatic rings. The maximum atomic E-state index is 12.8. The van der Waals surface area contributed by atoms with Crippen LogP contribution >= 0.6 is 0 Å². The molecule has 4 rings (SSSR count). The maximum absolute atomic E-state index is 12.8. The van der Waals surface area contributed by atoms with E-state index in [4.69, 9.17) is 4.74 Å². The number of hydrogen-bond donors (Lipinski definition) is 1. The average molecular weight is 482 g/mol. The van der Waals surface area contributed by atoms with Gasteiger partial charge in [-0.3, -0.25) is 4.79 Å². The summed E-state index contributed by atoms with van der Waals surface area (Å²) in [6, 6.07) is 27.2. The van der Waals surface area contributed by atoms with E-state index in [2.05, 4.69) is 22.5 Å². The molecule has 4 aromatic rings. The fourth-order valence-electron chi connectivity index (χ4n) is 4.10. The molecule has 1 aromatic heterocycles. The molecule has 6 nitrogen and oxygen atoms in total. The number of hydrogen-bond acceptors (Lipinski definition) is 4. The number of rotatable bonds is 9. The van der Waals surface area contributed by atoms with Crippen LogP contribution in [-0.2, 0) is 11.2 Å². The topological polar surface area (TPSA) is 73.2 Å². The molecular weight excluding hydrogens is 450 g/mol. The number of nitrogens with zero attached hydrogens (tertiary/aromatic N) is 2. The summed E-state index contributed by atoms with van der Waals surface area (Å²) in [6.07, 6.45) is 1.77. The lowest BCUT2D eigenvalue weighted by atomic mass is 10.1. The average Bonchev–Trinajstić information content (AvgIpc) is 3.34. The highest BCUT2D eigenvalue weighted by atomic mass is 16.5. The molecule has 1 unspecified atom stereocenters. The van der Waals surface area contributed by atoms with Crippen LogP contribution in [-0.4, -0.2) is 34.3 Å². The number of carbonyl (C=O) groups excluding carboxylic acids is 2. The van der Waals surface area contributed by atoms with Gasteiger partial charge in [-0.15, -0.1) is 0 Å². The largest absolute Gasteiger partial charge is 0.461 e. The molecular formula is C30H31N3O3. The van der Waals surface area contributed by atoms with Crippen LogP contribution in [0.4, 0.5) is 0 Å². The number of aromatic nitrogens is 2. The summed E-state index contributed by atoms with van der Waals surface area (Å²) in [5.74, 6) is -0.583. The molecule has 36 heavy (non-hydrogen) atoms. The fraction of sp³-hybridized carbons (Fsp3) is 0.233. The molecule has 1 heterocycles. The summed E-state index contributed by atoms with van der Waals surface area (Å²) in [5.41, 5.74) is 5.63. The van der Waals surface area contributed by atoms with Gasteiger partial charge in [0.15, 0.2) is 5.69 Å². The second-order valence-corrected chi connectivity index (χ2v) is 8.81. The van der Waals surface area contributed by atoms with Gasteiger partial charge in [0, 0.05) is 17.2 Å². The van der Waals surface area contributed by atoms with Crippen molar-refractivity contribution in [2.45, 2.75) is 39.7 Å². The first kappa shape index (κ1) is 24.9. The maximum Gasteiger partial charge on any atom is 0.358 e. The van der Waals surface area contributed by atoms with E-state index >= 15 is 0 Å². The number of nitrogens with one attached hydrogen (secondary N) is 1. The van der Waals surface area contributed by atoms with Crippen molar-refractivity contribution in [3.8, 4) is 16.9 Å². The minimum absolute atomic E-state index is 0.0447. The lowest BCUT2D eigenvalue weighted by Crippen LogP contribution is -2.32. The van der Waals surface area contributed by atoms with Crippen LogP contribution in [0.25, 0.3) is 16.9 Å². The number of benzene rings is 3. The Labute approximate surface area is 211 Å². The van der Waals surface area contributed by atoms with Crippen LogP contribution in [0, 0.1) is 6.92 Å². The zero-order valence-corrected chi connectivity index (χ0v) is 20.9. The molecule has 6 heteroatoms. The van der Waals surface area contributed by atoms with Gasteiger partial charge in [-0.05, 0) is 75.1 Å². The van der Waals surface area contributed by atoms with Crippen molar-refractivity contribution in [3.63, 3.8) is 0 Å². The van der Waals surface area contributed by atoms with Crippen molar-refractivity contribution in [3.05, 3.63) is 107 Å². The van der Waals surface area contributed by atoms with Crippen molar-refractivity contribution in [2.75, 3.05) is 6.61 Å². The van der Waals surface area contributed by atoms with E-state index in [0.29, 0.717) is 5.56 Å². The molecule has 0 saturated carbocycles. The normalized spacial score (nSPS) is 11.6. The van der Waals surface area contributed by atoms with Gasteiger partial charge in [-0.1, -0.05) is 54.6 Å². The van der Waals surface area contributed by atoms with Crippen LogP contribution in [0.15, 0.2) is 84.9 Å². The van der Waals surface area contributed by atoms with E-state index < -0.39 is 5.97 Å². The van der Waals surface area contributed by atoms with Crippen molar-refractivity contribution < 1.29 is 14.3 Å². The molecule has 0 aliphatic carbocycles. The summed E-state index contributed by atoms with van der Waals surface area (Å²) in [7, 11) is 0. The van der Waals surface area contributed by atoms with E-state index in [1.54, 1.807) is 29.8 Å². The Hall–Kier alpha value is -4.19. The van der Waals surface area contributed by atoms with Crippen molar-refractivity contribution in [1.29, 1.82) is 0 Å². The van der Waals surface area contributed by atoms with E-state index in [0.717, 1.165) is 35.3 Å². The lowest BCUT2D eigenvalue weighted by molar-refractivity contribution is 0.0518. The third-order valence-electron chi connectivity index (χ3n) is 6.08. The highest BCUT2D eigenvalue weighted by Crippen LogP contribution is 2.27. The van der Waals surface area contributed by atoms with Gasteiger partial charge in [-0.25, -0.2) is 9.48 Å². The Morgan fingerprint density at radius 1 is 0.972 bits per heavy atom. The van der Waals surface area contributed by atoms with Gasteiger partial charge in [0.05, 0.1) is 18.0 Å². The fourth-order valence-corrected chi connectivity index (χ4v) is 4.10. The van der Waals surface area contributed by atoms with Crippen LogP contribution in [0.5, 0.6) is 0 Å². The van der Waals surface area contributed by atoms with E-state index in [1.165, 1.54) is 5.56 Å². The first-order valence-electron chi connectivity index (χ1n) is 12.2. The molecule has 0 bridgehead atoms. The second kappa shape index (κ2) is 11.5. The summed E-state index contributed by atoms with van der Waals surface area (Å²) in [6.45, 7) is 6.08. The minimum atomic E-state index is -0.466. The Bertz CT molecular complexity index is 1330. The third-order valence-corrected chi connectivity index (χ3v) is 6.08. The molecule has 0 saturated heterocycles.